The number of aryl methyl sites for hydroxylation is 1. The van der Waals surface area contributed by atoms with E-state index in [1.165, 1.54) is 0 Å². The van der Waals surface area contributed by atoms with Crippen LogP contribution in [-0.2, 0) is 11.8 Å². The topological polar surface area (TPSA) is 59.0 Å². The van der Waals surface area contributed by atoms with Gasteiger partial charge in [0, 0.05) is 26.1 Å². The lowest BCUT2D eigenvalue weighted by Gasteiger charge is -2.26. The fraction of sp³-hybridized carbons (Fsp3) is 0.467. The molecule has 2 heterocycles. The normalized spacial score (nSPS) is 20.9. The van der Waals surface area contributed by atoms with Crippen molar-refractivity contribution >= 4 is 16.9 Å². The first-order valence-electron chi connectivity index (χ1n) is 7.09. The molecule has 0 aliphatic carbocycles. The van der Waals surface area contributed by atoms with Gasteiger partial charge in [0.2, 0.25) is 5.91 Å². The first-order chi connectivity index (χ1) is 9.65. The number of benzene rings is 1. The van der Waals surface area contributed by atoms with Crippen LogP contribution in [0, 0.1) is 0 Å². The van der Waals surface area contributed by atoms with Crippen LogP contribution in [0.5, 0.6) is 0 Å². The van der Waals surface area contributed by atoms with E-state index in [0.717, 1.165) is 23.3 Å². The standard InChI is InChI=1S/C15H20N4O/c1-10(17-11-7-8-14(20)16-9-11)15-18-12-5-3-4-6-13(12)19(15)2/h3-6,10-11,17H,7-9H2,1-2H3,(H,16,20). The Hall–Kier alpha value is -1.88. The van der Waals surface area contributed by atoms with Crippen molar-refractivity contribution in [2.45, 2.75) is 31.8 Å². The zero-order valence-corrected chi connectivity index (χ0v) is 11.9. The number of aromatic nitrogens is 2. The molecule has 2 atom stereocenters. The van der Waals surface area contributed by atoms with Crippen molar-refractivity contribution in [3.63, 3.8) is 0 Å². The van der Waals surface area contributed by atoms with Crippen molar-refractivity contribution in [3.05, 3.63) is 30.1 Å². The minimum absolute atomic E-state index is 0.151. The molecule has 1 aliphatic rings. The molecule has 2 aromatic rings. The Balaban J connectivity index is 1.77. The second-order valence-electron chi connectivity index (χ2n) is 5.45. The Morgan fingerprint density at radius 2 is 2.25 bits per heavy atom. The number of carbonyl (C=O) groups is 1. The molecule has 1 saturated heterocycles. The molecule has 106 valence electrons. The summed E-state index contributed by atoms with van der Waals surface area (Å²) >= 11 is 0. The Morgan fingerprint density at radius 1 is 1.45 bits per heavy atom. The van der Waals surface area contributed by atoms with E-state index in [9.17, 15) is 4.79 Å². The molecular formula is C15H20N4O. The Morgan fingerprint density at radius 3 is 2.95 bits per heavy atom. The van der Waals surface area contributed by atoms with E-state index >= 15 is 0 Å². The Bertz CT molecular complexity index is 624. The van der Waals surface area contributed by atoms with Gasteiger partial charge in [0.25, 0.3) is 0 Å². The van der Waals surface area contributed by atoms with Gasteiger partial charge in [-0.2, -0.15) is 0 Å². The van der Waals surface area contributed by atoms with Crippen LogP contribution in [-0.4, -0.2) is 28.0 Å². The molecule has 0 bridgehead atoms. The summed E-state index contributed by atoms with van der Waals surface area (Å²) in [7, 11) is 2.05. The summed E-state index contributed by atoms with van der Waals surface area (Å²) < 4.78 is 2.13. The van der Waals surface area contributed by atoms with Crippen molar-refractivity contribution < 1.29 is 4.79 Å². The number of para-hydroxylation sites is 2. The molecule has 1 fully saturated rings. The average Bonchev–Trinajstić information content (AvgIpc) is 2.79. The van der Waals surface area contributed by atoms with Crippen molar-refractivity contribution in [3.8, 4) is 0 Å². The number of amides is 1. The summed E-state index contributed by atoms with van der Waals surface area (Å²) in [6.45, 7) is 2.82. The number of nitrogens with zero attached hydrogens (tertiary/aromatic N) is 2. The van der Waals surface area contributed by atoms with E-state index in [-0.39, 0.29) is 11.9 Å². The van der Waals surface area contributed by atoms with Gasteiger partial charge in [-0.05, 0) is 25.5 Å². The second kappa shape index (κ2) is 5.25. The van der Waals surface area contributed by atoms with E-state index in [2.05, 4.69) is 28.2 Å². The number of hydrogen-bond acceptors (Lipinski definition) is 3. The van der Waals surface area contributed by atoms with E-state index in [0.29, 0.717) is 19.0 Å². The number of hydrogen-bond donors (Lipinski definition) is 2. The molecule has 1 aromatic heterocycles. The molecular weight excluding hydrogens is 252 g/mol. The molecule has 1 amide bonds. The van der Waals surface area contributed by atoms with Crippen molar-refractivity contribution in [1.82, 2.24) is 20.2 Å². The molecule has 1 aliphatic heterocycles. The lowest BCUT2D eigenvalue weighted by atomic mass is 10.1. The first kappa shape index (κ1) is 13.1. The summed E-state index contributed by atoms with van der Waals surface area (Å²) in [6, 6.07) is 8.64. The molecule has 0 saturated carbocycles. The van der Waals surface area contributed by atoms with Gasteiger partial charge in [-0.1, -0.05) is 12.1 Å². The highest BCUT2D eigenvalue weighted by Gasteiger charge is 2.22. The molecule has 2 unspecified atom stereocenters. The number of carbonyl (C=O) groups excluding carboxylic acids is 1. The summed E-state index contributed by atoms with van der Waals surface area (Å²) in [5.41, 5.74) is 2.17. The van der Waals surface area contributed by atoms with Crippen LogP contribution in [0.15, 0.2) is 24.3 Å². The molecule has 5 nitrogen and oxygen atoms in total. The van der Waals surface area contributed by atoms with Crippen LogP contribution in [0.2, 0.25) is 0 Å². The number of piperidine rings is 1. The molecule has 0 spiro atoms. The van der Waals surface area contributed by atoms with Crippen LogP contribution in [0.3, 0.4) is 0 Å². The third kappa shape index (κ3) is 2.41. The third-order valence-corrected chi connectivity index (χ3v) is 3.96. The minimum atomic E-state index is 0.151. The van der Waals surface area contributed by atoms with Crippen molar-refractivity contribution in [1.29, 1.82) is 0 Å². The monoisotopic (exact) mass is 272 g/mol. The lowest BCUT2D eigenvalue weighted by Crippen LogP contribution is -2.46. The molecule has 20 heavy (non-hydrogen) atoms. The fourth-order valence-electron chi connectivity index (χ4n) is 2.85. The highest BCUT2D eigenvalue weighted by Crippen LogP contribution is 2.20. The SMILES string of the molecule is CC(NC1CCC(=O)NC1)c1nc2ccccc2n1C. The van der Waals surface area contributed by atoms with Crippen LogP contribution >= 0.6 is 0 Å². The predicted molar refractivity (Wildman–Crippen MR) is 78.3 cm³/mol. The smallest absolute Gasteiger partial charge is 0.220 e. The van der Waals surface area contributed by atoms with Gasteiger partial charge >= 0.3 is 0 Å². The Labute approximate surface area is 118 Å². The molecule has 1 aromatic carbocycles. The number of fused-ring (bicyclic) bond motifs is 1. The zero-order valence-electron chi connectivity index (χ0n) is 11.9. The van der Waals surface area contributed by atoms with Crippen LogP contribution < -0.4 is 10.6 Å². The summed E-state index contributed by atoms with van der Waals surface area (Å²) in [5, 5.41) is 6.46. The number of rotatable bonds is 3. The minimum Gasteiger partial charge on any atom is -0.355 e. The van der Waals surface area contributed by atoms with Gasteiger partial charge in [0.1, 0.15) is 5.82 Å². The maximum Gasteiger partial charge on any atom is 0.220 e. The van der Waals surface area contributed by atoms with Gasteiger partial charge in [-0.3, -0.25) is 4.79 Å². The van der Waals surface area contributed by atoms with Crippen LogP contribution in [0.1, 0.15) is 31.6 Å². The highest BCUT2D eigenvalue weighted by molar-refractivity contribution is 5.77. The third-order valence-electron chi connectivity index (χ3n) is 3.96. The summed E-state index contributed by atoms with van der Waals surface area (Å²) in [4.78, 5) is 15.9. The van der Waals surface area contributed by atoms with Gasteiger partial charge in [0.15, 0.2) is 0 Å². The highest BCUT2D eigenvalue weighted by atomic mass is 16.1. The van der Waals surface area contributed by atoms with Gasteiger partial charge in [-0.15, -0.1) is 0 Å². The molecule has 5 heteroatoms. The van der Waals surface area contributed by atoms with E-state index < -0.39 is 0 Å². The number of nitrogens with one attached hydrogen (secondary N) is 2. The predicted octanol–water partition coefficient (Wildman–Crippen LogP) is 1.50. The molecule has 2 N–H and O–H groups in total. The van der Waals surface area contributed by atoms with Gasteiger partial charge in [0.05, 0.1) is 17.1 Å². The average molecular weight is 272 g/mol. The summed E-state index contributed by atoms with van der Waals surface area (Å²) in [5.74, 6) is 1.18. The quantitative estimate of drug-likeness (QED) is 0.890. The maximum absolute atomic E-state index is 11.2. The second-order valence-corrected chi connectivity index (χ2v) is 5.45. The van der Waals surface area contributed by atoms with E-state index in [4.69, 9.17) is 4.98 Å². The fourth-order valence-corrected chi connectivity index (χ4v) is 2.85. The lowest BCUT2D eigenvalue weighted by molar-refractivity contribution is -0.122. The van der Waals surface area contributed by atoms with Crippen LogP contribution in [0.4, 0.5) is 0 Å². The summed E-state index contributed by atoms with van der Waals surface area (Å²) in [6.07, 6.45) is 1.49. The molecule has 3 rings (SSSR count). The largest absolute Gasteiger partial charge is 0.355 e. The van der Waals surface area contributed by atoms with E-state index in [1.807, 2.05) is 25.2 Å². The maximum atomic E-state index is 11.2. The molecule has 0 radical (unpaired) electrons. The van der Waals surface area contributed by atoms with Gasteiger partial charge in [-0.25, -0.2) is 4.98 Å². The van der Waals surface area contributed by atoms with Crippen molar-refractivity contribution in [2.75, 3.05) is 6.54 Å². The van der Waals surface area contributed by atoms with E-state index in [1.54, 1.807) is 0 Å². The van der Waals surface area contributed by atoms with Gasteiger partial charge < -0.3 is 15.2 Å². The first-order valence-corrected chi connectivity index (χ1v) is 7.09. The zero-order chi connectivity index (χ0) is 14.1. The number of imidazole rings is 1. The van der Waals surface area contributed by atoms with Crippen LogP contribution in [0.25, 0.3) is 11.0 Å². The van der Waals surface area contributed by atoms with Crippen molar-refractivity contribution in [2.24, 2.45) is 7.05 Å². The Kier molecular flexibility index (Phi) is 3.44.